The predicted octanol–water partition coefficient (Wildman–Crippen LogP) is 4.94. The van der Waals surface area contributed by atoms with Crippen molar-refractivity contribution in [3.63, 3.8) is 0 Å². The fourth-order valence-electron chi connectivity index (χ4n) is 4.14. The number of halogens is 1. The van der Waals surface area contributed by atoms with Gasteiger partial charge in [0.05, 0.1) is 11.3 Å². The minimum atomic E-state index is -0.811. The molecule has 1 amide bonds. The molecule has 0 atom stereocenters. The highest BCUT2D eigenvalue weighted by Crippen LogP contribution is 2.26. The lowest BCUT2D eigenvalue weighted by molar-refractivity contribution is 0.0996. The van der Waals surface area contributed by atoms with Gasteiger partial charge in [0.2, 0.25) is 0 Å². The number of nitrogens with zero attached hydrogens (tertiary/aromatic N) is 3. The summed E-state index contributed by atoms with van der Waals surface area (Å²) in [5.74, 6) is -0.487. The van der Waals surface area contributed by atoms with Crippen LogP contribution in [-0.2, 0) is 13.0 Å². The quantitative estimate of drug-likeness (QED) is 0.135. The number of imidazole rings is 1. The van der Waals surface area contributed by atoms with E-state index in [1.54, 1.807) is 6.07 Å². The van der Waals surface area contributed by atoms with Gasteiger partial charge in [-0.15, -0.1) is 0 Å². The molecule has 0 bridgehead atoms. The number of amides is 1. The number of hydrogen-bond acceptors (Lipinski definition) is 4. The summed E-state index contributed by atoms with van der Waals surface area (Å²) < 4.78 is 16.0. The van der Waals surface area contributed by atoms with Crippen LogP contribution in [0.2, 0.25) is 0 Å². The van der Waals surface area contributed by atoms with Crippen molar-refractivity contribution < 1.29 is 14.4 Å². The normalized spacial score (nSPS) is 11.6. The summed E-state index contributed by atoms with van der Waals surface area (Å²) in [7, 11) is 0. The third-order valence-corrected chi connectivity index (χ3v) is 6.07. The van der Waals surface area contributed by atoms with Crippen LogP contribution < -0.4 is 11.5 Å². The molecule has 0 unspecified atom stereocenters. The number of benzene rings is 3. The first-order valence-electron chi connectivity index (χ1n) is 11.7. The highest BCUT2D eigenvalue weighted by atomic mass is 19.1. The number of unbranched alkanes of at least 4 members (excludes halogenated alkanes) is 1. The van der Waals surface area contributed by atoms with Gasteiger partial charge in [-0.3, -0.25) is 4.79 Å². The summed E-state index contributed by atoms with van der Waals surface area (Å²) in [5, 5.41) is 12.2. The van der Waals surface area contributed by atoms with Crippen LogP contribution in [0.15, 0.2) is 78.1 Å². The van der Waals surface area contributed by atoms with E-state index in [0.717, 1.165) is 41.8 Å². The van der Waals surface area contributed by atoms with Gasteiger partial charge in [-0.2, -0.15) is 0 Å². The molecule has 184 valence electrons. The Morgan fingerprint density at radius 1 is 1.03 bits per heavy atom. The van der Waals surface area contributed by atoms with Crippen molar-refractivity contribution in [3.8, 4) is 22.4 Å². The Balaban J connectivity index is 1.64. The van der Waals surface area contributed by atoms with E-state index in [2.05, 4.69) is 16.6 Å². The van der Waals surface area contributed by atoms with E-state index in [4.69, 9.17) is 21.7 Å². The number of primary amides is 1. The van der Waals surface area contributed by atoms with E-state index < -0.39 is 11.7 Å². The fourth-order valence-corrected chi connectivity index (χ4v) is 4.14. The lowest BCUT2D eigenvalue weighted by atomic mass is 9.98. The van der Waals surface area contributed by atoms with Gasteiger partial charge in [-0.1, -0.05) is 67.0 Å². The molecular weight excluding hydrogens is 457 g/mol. The zero-order chi connectivity index (χ0) is 25.7. The van der Waals surface area contributed by atoms with E-state index in [1.165, 1.54) is 12.1 Å². The Bertz CT molecular complexity index is 1410. The molecule has 0 aliphatic rings. The van der Waals surface area contributed by atoms with Gasteiger partial charge < -0.3 is 21.2 Å². The summed E-state index contributed by atoms with van der Waals surface area (Å²) >= 11 is 0. The largest absolute Gasteiger partial charge is 0.409 e. The summed E-state index contributed by atoms with van der Waals surface area (Å²) in [6.45, 7) is 2.72. The molecule has 1 heterocycles. The Morgan fingerprint density at radius 3 is 2.44 bits per heavy atom. The van der Waals surface area contributed by atoms with Crippen molar-refractivity contribution in [3.05, 3.63) is 101 Å². The molecule has 0 spiro atoms. The molecule has 4 rings (SSSR count). The van der Waals surface area contributed by atoms with Crippen molar-refractivity contribution in [2.24, 2.45) is 16.6 Å². The molecule has 1 aromatic heterocycles. The number of aromatic nitrogens is 2. The summed E-state index contributed by atoms with van der Waals surface area (Å²) in [4.78, 5) is 16.4. The number of aryl methyl sites for hydroxylation is 1. The van der Waals surface area contributed by atoms with Gasteiger partial charge in [0.25, 0.3) is 5.91 Å². The highest BCUT2D eigenvalue weighted by Gasteiger charge is 2.15. The third kappa shape index (κ3) is 5.27. The van der Waals surface area contributed by atoms with E-state index in [-0.39, 0.29) is 11.4 Å². The number of carbonyl (C=O) groups is 1. The number of hydrogen-bond donors (Lipinski definition) is 3. The monoisotopic (exact) mass is 485 g/mol. The maximum Gasteiger partial charge on any atom is 0.251 e. The van der Waals surface area contributed by atoms with Gasteiger partial charge in [-0.05, 0) is 41.3 Å². The van der Waals surface area contributed by atoms with Crippen LogP contribution in [0.5, 0.6) is 0 Å². The molecule has 0 fully saturated rings. The van der Waals surface area contributed by atoms with Gasteiger partial charge in [-0.25, -0.2) is 9.37 Å². The summed E-state index contributed by atoms with van der Waals surface area (Å²) in [6, 6.07) is 19.8. The molecule has 4 aromatic rings. The minimum Gasteiger partial charge on any atom is -0.409 e. The van der Waals surface area contributed by atoms with Gasteiger partial charge >= 0.3 is 0 Å². The molecular formula is C28H28FN5O2. The molecule has 0 aliphatic heterocycles. The first-order chi connectivity index (χ1) is 17.4. The Kier molecular flexibility index (Phi) is 7.44. The van der Waals surface area contributed by atoms with Crippen molar-refractivity contribution in [2.45, 2.75) is 32.7 Å². The van der Waals surface area contributed by atoms with Crippen molar-refractivity contribution >= 4 is 11.7 Å². The van der Waals surface area contributed by atoms with E-state index in [0.29, 0.717) is 23.4 Å². The van der Waals surface area contributed by atoms with E-state index >= 15 is 0 Å². The SMILES string of the molecule is CCCCc1nc(-c2ccc(F)c(C(N)=O)c2)cn1Cc1ccc(-c2ccccc2C(N)=NO)cc1. The van der Waals surface area contributed by atoms with Crippen LogP contribution in [0.3, 0.4) is 0 Å². The first kappa shape index (κ1) is 24.7. The Labute approximate surface area is 208 Å². The number of carbonyl (C=O) groups excluding carboxylic acids is 1. The van der Waals surface area contributed by atoms with Crippen LogP contribution in [0.4, 0.5) is 4.39 Å². The number of amidine groups is 1. The van der Waals surface area contributed by atoms with Crippen molar-refractivity contribution in [1.82, 2.24) is 9.55 Å². The van der Waals surface area contributed by atoms with Crippen LogP contribution in [0.25, 0.3) is 22.4 Å². The third-order valence-electron chi connectivity index (χ3n) is 6.07. The molecule has 0 radical (unpaired) electrons. The van der Waals surface area contributed by atoms with Crippen molar-refractivity contribution in [1.29, 1.82) is 0 Å². The standard InChI is InChI=1S/C28H28FN5O2/c1-2-3-8-26-32-25(20-13-14-24(29)23(15-20)28(31)35)17-34(26)16-18-9-11-19(12-10-18)21-6-4-5-7-22(21)27(30)33-36/h4-7,9-15,17,36H,2-3,8,16H2,1H3,(H2,30,33)(H2,31,35). The summed E-state index contributed by atoms with van der Waals surface area (Å²) in [5.41, 5.74) is 15.9. The molecule has 3 aromatic carbocycles. The molecule has 0 saturated carbocycles. The first-order valence-corrected chi connectivity index (χ1v) is 11.7. The van der Waals surface area contributed by atoms with Crippen LogP contribution in [-0.4, -0.2) is 26.5 Å². The zero-order valence-corrected chi connectivity index (χ0v) is 20.0. The Morgan fingerprint density at radius 2 is 1.75 bits per heavy atom. The second-order valence-electron chi connectivity index (χ2n) is 8.56. The Hall–Kier alpha value is -4.46. The number of nitrogens with two attached hydrogens (primary N) is 2. The molecule has 36 heavy (non-hydrogen) atoms. The topological polar surface area (TPSA) is 120 Å². The van der Waals surface area contributed by atoms with Gasteiger partial charge in [0, 0.05) is 30.3 Å². The minimum absolute atomic E-state index is 0.0569. The molecule has 0 saturated heterocycles. The average molecular weight is 486 g/mol. The molecule has 7 nitrogen and oxygen atoms in total. The smallest absolute Gasteiger partial charge is 0.251 e. The van der Waals surface area contributed by atoms with E-state index in [9.17, 15) is 9.18 Å². The van der Waals surface area contributed by atoms with Crippen LogP contribution in [0.1, 0.15) is 47.1 Å². The maximum atomic E-state index is 14.0. The van der Waals surface area contributed by atoms with Gasteiger partial charge in [0.15, 0.2) is 5.84 Å². The second-order valence-corrected chi connectivity index (χ2v) is 8.56. The highest BCUT2D eigenvalue weighted by molar-refractivity contribution is 6.03. The molecule has 0 aliphatic carbocycles. The van der Waals surface area contributed by atoms with E-state index in [1.807, 2.05) is 54.7 Å². The lowest BCUT2D eigenvalue weighted by Crippen LogP contribution is -2.14. The molecule has 8 heteroatoms. The van der Waals surface area contributed by atoms with Crippen LogP contribution >= 0.6 is 0 Å². The molecule has 5 N–H and O–H groups in total. The second kappa shape index (κ2) is 10.9. The average Bonchev–Trinajstić information content (AvgIpc) is 3.29. The van der Waals surface area contributed by atoms with Crippen LogP contribution in [0, 0.1) is 5.82 Å². The predicted molar refractivity (Wildman–Crippen MR) is 138 cm³/mol. The van der Waals surface area contributed by atoms with Crippen molar-refractivity contribution in [2.75, 3.05) is 0 Å². The number of oxime groups is 1. The maximum absolute atomic E-state index is 14.0. The number of rotatable bonds is 9. The fraction of sp³-hybridized carbons (Fsp3) is 0.179. The van der Waals surface area contributed by atoms with Gasteiger partial charge in [0.1, 0.15) is 11.6 Å². The summed E-state index contributed by atoms with van der Waals surface area (Å²) in [6.07, 6.45) is 4.73. The lowest BCUT2D eigenvalue weighted by Gasteiger charge is -2.11. The zero-order valence-electron chi connectivity index (χ0n) is 20.0.